The van der Waals surface area contributed by atoms with Gasteiger partial charge in [0.2, 0.25) is 0 Å². The molecule has 9 heteroatoms. The van der Waals surface area contributed by atoms with Gasteiger partial charge in [-0.2, -0.15) is 0 Å². The molecule has 1 atom stereocenters. The molecule has 3 aromatic carbocycles. The van der Waals surface area contributed by atoms with Crippen molar-refractivity contribution in [2.75, 3.05) is 51.3 Å². The summed E-state index contributed by atoms with van der Waals surface area (Å²) in [4.78, 5) is 33.5. The molecule has 0 spiro atoms. The maximum absolute atomic E-state index is 15.9. The fraction of sp³-hybridized carbons (Fsp3) is 0.324. The number of aryl methyl sites for hydroxylation is 1. The maximum Gasteiger partial charge on any atom is 0.254 e. The van der Waals surface area contributed by atoms with Crippen LogP contribution >= 0.6 is 0 Å². The predicted molar refractivity (Wildman–Crippen MR) is 163 cm³/mol. The summed E-state index contributed by atoms with van der Waals surface area (Å²) in [6, 6.07) is 13.7. The van der Waals surface area contributed by atoms with Crippen LogP contribution < -0.4 is 10.6 Å². The summed E-state index contributed by atoms with van der Waals surface area (Å²) in [6.45, 7) is 5.59. The number of morpholine rings is 1. The van der Waals surface area contributed by atoms with Gasteiger partial charge in [0.25, 0.3) is 5.91 Å². The van der Waals surface area contributed by atoms with Crippen molar-refractivity contribution in [2.45, 2.75) is 25.3 Å². The molecule has 2 N–H and O–H groups in total. The van der Waals surface area contributed by atoms with E-state index in [0.29, 0.717) is 51.4 Å². The monoisotopic (exact) mass is 579 g/mol. The first kappa shape index (κ1) is 27.5. The smallest absolute Gasteiger partial charge is 0.254 e. The Labute approximate surface area is 249 Å². The molecule has 1 unspecified atom stereocenters. The third-order valence-corrected chi connectivity index (χ3v) is 8.84. The second-order valence-electron chi connectivity index (χ2n) is 11.4. The maximum atomic E-state index is 15.9. The summed E-state index contributed by atoms with van der Waals surface area (Å²) in [5.41, 5.74) is 4.56. The van der Waals surface area contributed by atoms with E-state index in [2.05, 4.69) is 44.8 Å². The molecule has 0 bridgehead atoms. The van der Waals surface area contributed by atoms with Crippen molar-refractivity contribution in [3.63, 3.8) is 0 Å². The Kier molecular flexibility index (Phi) is 7.51. The molecule has 8 nitrogen and oxygen atoms in total. The number of amides is 1. The summed E-state index contributed by atoms with van der Waals surface area (Å²) in [6.07, 6.45) is 8.30. The van der Waals surface area contributed by atoms with Gasteiger partial charge >= 0.3 is 0 Å². The largest absolute Gasteiger partial charge is 0.381 e. The zero-order valence-electron chi connectivity index (χ0n) is 23.9. The van der Waals surface area contributed by atoms with Crippen molar-refractivity contribution in [1.29, 1.82) is 0 Å². The standard InChI is InChI=1S/C34H34FN5O3/c35-30-20-28-31-26(19-29(33(28)41)34(42)38-8-3-11-40-12-9-36-21-40)24-7-6-22-4-1-2-5-23(22)25(24)18-27(31)32(30)37-10-13-39-14-16-43-17-15-39/h1-2,4-7,9,12,19-21,26,37H,3,8,10-11,13-18H2,(H,38,42). The van der Waals surface area contributed by atoms with Crippen LogP contribution in [0.1, 0.15) is 45.0 Å². The van der Waals surface area contributed by atoms with E-state index in [1.807, 2.05) is 22.9 Å². The van der Waals surface area contributed by atoms with Crippen molar-refractivity contribution < 1.29 is 18.7 Å². The van der Waals surface area contributed by atoms with Crippen molar-refractivity contribution in [3.05, 3.63) is 106 Å². The van der Waals surface area contributed by atoms with Gasteiger partial charge in [0.05, 0.1) is 30.8 Å². The normalized spacial score (nSPS) is 17.7. The van der Waals surface area contributed by atoms with E-state index in [1.165, 1.54) is 6.07 Å². The Morgan fingerprint density at radius 3 is 2.77 bits per heavy atom. The molecule has 43 heavy (non-hydrogen) atoms. The molecular formula is C34H34FN5O3. The van der Waals surface area contributed by atoms with Crippen LogP contribution in [0.2, 0.25) is 0 Å². The highest BCUT2D eigenvalue weighted by Crippen LogP contribution is 2.48. The number of ketones is 1. The van der Waals surface area contributed by atoms with E-state index in [9.17, 15) is 9.59 Å². The first-order chi connectivity index (χ1) is 21.1. The number of hydrogen-bond acceptors (Lipinski definition) is 6. The van der Waals surface area contributed by atoms with Crippen LogP contribution in [0.25, 0.3) is 10.8 Å². The van der Waals surface area contributed by atoms with Crippen molar-refractivity contribution >= 4 is 28.2 Å². The third-order valence-electron chi connectivity index (χ3n) is 8.84. The van der Waals surface area contributed by atoms with E-state index in [0.717, 1.165) is 52.7 Å². The summed E-state index contributed by atoms with van der Waals surface area (Å²) in [5.74, 6) is -1.65. The number of rotatable bonds is 9. The van der Waals surface area contributed by atoms with Gasteiger partial charge in [-0.3, -0.25) is 14.5 Å². The number of allylic oxidation sites excluding steroid dienone is 1. The zero-order valence-corrected chi connectivity index (χ0v) is 23.9. The predicted octanol–water partition coefficient (Wildman–Crippen LogP) is 4.28. The topological polar surface area (TPSA) is 88.5 Å². The van der Waals surface area contributed by atoms with E-state index in [1.54, 1.807) is 18.6 Å². The van der Waals surface area contributed by atoms with Crippen molar-refractivity contribution in [1.82, 2.24) is 19.8 Å². The Balaban J connectivity index is 1.23. The molecule has 1 saturated heterocycles. The number of benzene rings is 3. The number of Topliss-reactive ketones (excluding diaryl/α,β-unsaturated/α-hetero) is 1. The molecule has 220 valence electrons. The number of hydrogen-bond donors (Lipinski definition) is 2. The minimum Gasteiger partial charge on any atom is -0.381 e. The van der Waals surface area contributed by atoms with Crippen LogP contribution in [-0.2, 0) is 22.5 Å². The Morgan fingerprint density at radius 2 is 1.93 bits per heavy atom. The van der Waals surface area contributed by atoms with Crippen LogP contribution in [0.5, 0.6) is 0 Å². The second-order valence-corrected chi connectivity index (χ2v) is 11.4. The van der Waals surface area contributed by atoms with Gasteiger partial charge in [0.1, 0.15) is 5.82 Å². The van der Waals surface area contributed by atoms with Crippen LogP contribution in [0, 0.1) is 5.82 Å². The zero-order chi connectivity index (χ0) is 29.3. The quantitative estimate of drug-likeness (QED) is 0.227. The van der Waals surface area contributed by atoms with Crippen LogP contribution in [0.4, 0.5) is 10.1 Å². The van der Waals surface area contributed by atoms with Crippen LogP contribution in [0.15, 0.2) is 72.8 Å². The van der Waals surface area contributed by atoms with Gasteiger partial charge in [-0.25, -0.2) is 9.37 Å². The number of aromatic nitrogens is 2. The lowest BCUT2D eigenvalue weighted by molar-refractivity contribution is -0.117. The molecule has 0 saturated carbocycles. The molecule has 2 heterocycles. The number of anilines is 1. The molecular weight excluding hydrogens is 545 g/mol. The van der Waals surface area contributed by atoms with E-state index < -0.39 is 17.5 Å². The first-order valence-corrected chi connectivity index (χ1v) is 15.0. The lowest BCUT2D eigenvalue weighted by atomic mass is 9.70. The lowest BCUT2D eigenvalue weighted by Crippen LogP contribution is -2.39. The van der Waals surface area contributed by atoms with E-state index in [4.69, 9.17) is 4.74 Å². The third kappa shape index (κ3) is 5.23. The van der Waals surface area contributed by atoms with E-state index in [-0.39, 0.29) is 17.1 Å². The minimum absolute atomic E-state index is 0.0690. The summed E-state index contributed by atoms with van der Waals surface area (Å²) in [7, 11) is 0. The molecule has 3 aliphatic rings. The SMILES string of the molecule is O=C(NCCCn1ccnc1)C1=CC2c3ccc4ccccc4c3Cc3c(NCCN4CCOCC4)c(F)cc(c32)C1=O. The molecule has 1 fully saturated rings. The molecule has 1 amide bonds. The minimum atomic E-state index is -0.464. The first-order valence-electron chi connectivity index (χ1n) is 15.0. The number of ether oxygens (including phenoxy) is 1. The fourth-order valence-corrected chi connectivity index (χ4v) is 6.69. The highest BCUT2D eigenvalue weighted by Gasteiger charge is 2.38. The van der Waals surface area contributed by atoms with Crippen molar-refractivity contribution in [3.8, 4) is 0 Å². The second kappa shape index (κ2) is 11.7. The van der Waals surface area contributed by atoms with Gasteiger partial charge in [0, 0.05) is 69.6 Å². The average Bonchev–Trinajstić information content (AvgIpc) is 3.56. The van der Waals surface area contributed by atoms with E-state index >= 15 is 4.39 Å². The average molecular weight is 580 g/mol. The summed E-state index contributed by atoms with van der Waals surface area (Å²) < 4.78 is 23.3. The lowest BCUT2D eigenvalue weighted by Gasteiger charge is -2.34. The van der Waals surface area contributed by atoms with Crippen LogP contribution in [-0.4, -0.2) is 72.1 Å². The Hall–Kier alpha value is -4.34. The summed E-state index contributed by atoms with van der Waals surface area (Å²) in [5, 5.41) is 8.50. The number of fused-ring (bicyclic) bond motifs is 4. The number of carbonyl (C=O) groups is 2. The molecule has 2 aliphatic carbocycles. The molecule has 1 aliphatic heterocycles. The highest BCUT2D eigenvalue weighted by molar-refractivity contribution is 6.27. The molecule has 4 aromatic rings. The molecule has 7 rings (SSSR count). The number of imidazole rings is 1. The number of carbonyl (C=O) groups excluding carboxylic acids is 2. The summed E-state index contributed by atoms with van der Waals surface area (Å²) >= 11 is 0. The number of nitrogens with one attached hydrogen (secondary N) is 2. The highest BCUT2D eigenvalue weighted by atomic mass is 19.1. The van der Waals surface area contributed by atoms with Crippen LogP contribution in [0.3, 0.4) is 0 Å². The van der Waals surface area contributed by atoms with Gasteiger partial charge in [0.15, 0.2) is 5.78 Å². The molecule has 0 radical (unpaired) electrons. The van der Waals surface area contributed by atoms with Gasteiger partial charge < -0.3 is 19.9 Å². The number of nitrogens with zero attached hydrogens (tertiary/aromatic N) is 3. The number of halogens is 1. The Morgan fingerprint density at radius 1 is 1.07 bits per heavy atom. The Bertz CT molecular complexity index is 1730. The van der Waals surface area contributed by atoms with Gasteiger partial charge in [-0.15, -0.1) is 0 Å². The van der Waals surface area contributed by atoms with Crippen molar-refractivity contribution in [2.24, 2.45) is 0 Å². The fourth-order valence-electron chi connectivity index (χ4n) is 6.69. The van der Waals surface area contributed by atoms with Gasteiger partial charge in [-0.1, -0.05) is 42.5 Å². The van der Waals surface area contributed by atoms with Gasteiger partial charge in [-0.05, 0) is 45.5 Å². The molecule has 1 aromatic heterocycles.